The van der Waals surface area contributed by atoms with E-state index in [1.807, 2.05) is 11.4 Å². The van der Waals surface area contributed by atoms with Crippen LogP contribution in [0.4, 0.5) is 0 Å². The maximum absolute atomic E-state index is 10.3. The molecular formula is C23H38ClN5. The zero-order valence-corrected chi connectivity index (χ0v) is 19.3. The molecule has 0 unspecified atom stereocenters. The molecule has 2 aromatic rings. The molecule has 0 atom stereocenters. The van der Waals surface area contributed by atoms with E-state index >= 15 is 0 Å². The molecular weight excluding hydrogens is 382 g/mol. The van der Waals surface area contributed by atoms with E-state index in [0.717, 1.165) is 37.2 Å². The first-order chi connectivity index (χ1) is 14.1. The number of rotatable bonds is 15. The summed E-state index contributed by atoms with van der Waals surface area (Å²) in [5.74, 6) is 0.729. The Morgan fingerprint density at radius 1 is 0.897 bits per heavy atom. The van der Waals surface area contributed by atoms with Crippen LogP contribution in [0.3, 0.4) is 0 Å². The molecule has 0 amide bonds. The number of nitrogens with zero attached hydrogens (tertiary/aromatic N) is 4. The van der Waals surface area contributed by atoms with Crippen LogP contribution in [0.1, 0.15) is 115 Å². The summed E-state index contributed by atoms with van der Waals surface area (Å²) in [6, 6.07) is 2.66. The zero-order valence-electron chi connectivity index (χ0n) is 18.6. The molecule has 0 saturated heterocycles. The standard InChI is InChI=1S/C23H38ClN5/c1-4-6-8-10-12-14-16-23(18-25,17-15-13-11-9-7-5-2)22-27-26-21-20(24)19(3)28-29(21)22/h28H,4-17H2,1-3H3. The molecule has 0 fully saturated rings. The lowest BCUT2D eigenvalue weighted by Gasteiger charge is -2.24. The Balaban J connectivity index is 2.12. The maximum atomic E-state index is 10.3. The van der Waals surface area contributed by atoms with Crippen molar-refractivity contribution >= 4 is 17.2 Å². The minimum atomic E-state index is -0.602. The minimum Gasteiger partial charge on any atom is -0.294 e. The van der Waals surface area contributed by atoms with Gasteiger partial charge in [-0.25, -0.2) is 4.52 Å². The first-order valence-corrected chi connectivity index (χ1v) is 12.0. The van der Waals surface area contributed by atoms with Gasteiger partial charge in [0.1, 0.15) is 10.4 Å². The molecule has 2 heterocycles. The number of H-pyrrole nitrogens is 1. The van der Waals surface area contributed by atoms with E-state index in [9.17, 15) is 5.26 Å². The molecule has 6 heteroatoms. The van der Waals surface area contributed by atoms with Gasteiger partial charge in [-0.15, -0.1) is 10.2 Å². The van der Waals surface area contributed by atoms with Crippen LogP contribution in [-0.2, 0) is 5.41 Å². The highest BCUT2D eigenvalue weighted by Crippen LogP contribution is 2.36. The monoisotopic (exact) mass is 419 g/mol. The van der Waals surface area contributed by atoms with Crippen molar-refractivity contribution in [2.45, 2.75) is 116 Å². The van der Waals surface area contributed by atoms with Crippen LogP contribution >= 0.6 is 11.6 Å². The fourth-order valence-corrected chi connectivity index (χ4v) is 4.32. The Hall–Kier alpha value is -1.54. The molecule has 0 bridgehead atoms. The van der Waals surface area contributed by atoms with E-state index in [1.54, 1.807) is 0 Å². The van der Waals surface area contributed by atoms with Crippen molar-refractivity contribution in [2.75, 3.05) is 0 Å². The van der Waals surface area contributed by atoms with Crippen molar-refractivity contribution in [1.29, 1.82) is 5.26 Å². The number of fused-ring (bicyclic) bond motifs is 1. The van der Waals surface area contributed by atoms with Crippen molar-refractivity contribution in [1.82, 2.24) is 19.8 Å². The van der Waals surface area contributed by atoms with Gasteiger partial charge in [0, 0.05) is 0 Å². The summed E-state index contributed by atoms with van der Waals surface area (Å²) in [4.78, 5) is 0. The van der Waals surface area contributed by atoms with Gasteiger partial charge in [-0.3, -0.25) is 5.10 Å². The third-order valence-electron chi connectivity index (χ3n) is 6.02. The van der Waals surface area contributed by atoms with E-state index in [-0.39, 0.29) is 0 Å². The van der Waals surface area contributed by atoms with Crippen LogP contribution in [0.5, 0.6) is 0 Å². The largest absolute Gasteiger partial charge is 0.294 e. The highest BCUT2D eigenvalue weighted by molar-refractivity contribution is 6.34. The van der Waals surface area contributed by atoms with Crippen LogP contribution < -0.4 is 0 Å². The predicted molar refractivity (Wildman–Crippen MR) is 120 cm³/mol. The zero-order chi connectivity index (χ0) is 21.1. The van der Waals surface area contributed by atoms with E-state index < -0.39 is 5.41 Å². The predicted octanol–water partition coefficient (Wildman–Crippen LogP) is 7.28. The second kappa shape index (κ2) is 12.2. The van der Waals surface area contributed by atoms with Crippen LogP contribution in [0.15, 0.2) is 0 Å². The highest BCUT2D eigenvalue weighted by Gasteiger charge is 2.37. The molecule has 0 spiro atoms. The van der Waals surface area contributed by atoms with E-state index in [1.165, 1.54) is 64.2 Å². The van der Waals surface area contributed by atoms with Gasteiger partial charge < -0.3 is 0 Å². The summed E-state index contributed by atoms with van der Waals surface area (Å²) in [5, 5.41) is 22.9. The van der Waals surface area contributed by atoms with Gasteiger partial charge in [-0.05, 0) is 19.8 Å². The number of nitrogens with one attached hydrogen (secondary N) is 1. The first kappa shape index (κ1) is 23.7. The highest BCUT2D eigenvalue weighted by atomic mass is 35.5. The lowest BCUT2D eigenvalue weighted by atomic mass is 9.78. The second-order valence-electron chi connectivity index (χ2n) is 8.46. The lowest BCUT2D eigenvalue weighted by molar-refractivity contribution is 0.387. The average Bonchev–Trinajstić information content (AvgIpc) is 3.26. The van der Waals surface area contributed by atoms with Crippen molar-refractivity contribution in [3.05, 3.63) is 16.5 Å². The number of aromatic nitrogens is 4. The lowest BCUT2D eigenvalue weighted by Crippen LogP contribution is -2.28. The summed E-state index contributed by atoms with van der Waals surface area (Å²) in [5.41, 5.74) is 0.892. The third-order valence-corrected chi connectivity index (χ3v) is 6.48. The number of halogens is 1. The topological polar surface area (TPSA) is 69.8 Å². The van der Waals surface area contributed by atoms with Crippen molar-refractivity contribution in [3.8, 4) is 6.07 Å². The second-order valence-corrected chi connectivity index (χ2v) is 8.84. The van der Waals surface area contributed by atoms with Gasteiger partial charge in [-0.2, -0.15) is 5.26 Å². The van der Waals surface area contributed by atoms with Gasteiger partial charge in [0.25, 0.3) is 0 Å². The number of nitriles is 1. The number of aromatic amines is 1. The van der Waals surface area contributed by atoms with Crippen LogP contribution in [0.25, 0.3) is 5.65 Å². The van der Waals surface area contributed by atoms with Crippen molar-refractivity contribution in [3.63, 3.8) is 0 Å². The van der Waals surface area contributed by atoms with Gasteiger partial charge >= 0.3 is 0 Å². The molecule has 1 N–H and O–H groups in total. The quantitative estimate of drug-likeness (QED) is 0.308. The van der Waals surface area contributed by atoms with E-state index in [4.69, 9.17) is 11.6 Å². The number of hydrogen-bond acceptors (Lipinski definition) is 3. The molecule has 0 radical (unpaired) electrons. The first-order valence-electron chi connectivity index (χ1n) is 11.6. The van der Waals surface area contributed by atoms with Gasteiger partial charge in [0.2, 0.25) is 0 Å². The molecule has 0 aromatic carbocycles. The summed E-state index contributed by atoms with van der Waals surface area (Å²) < 4.78 is 1.84. The Morgan fingerprint density at radius 2 is 1.41 bits per heavy atom. The fourth-order valence-electron chi connectivity index (χ4n) is 4.15. The number of hydrogen-bond donors (Lipinski definition) is 1. The maximum Gasteiger partial charge on any atom is 0.196 e. The molecule has 0 saturated carbocycles. The smallest absolute Gasteiger partial charge is 0.196 e. The molecule has 162 valence electrons. The van der Waals surface area contributed by atoms with Gasteiger partial charge in [-0.1, -0.05) is 102 Å². The summed E-state index contributed by atoms with van der Waals surface area (Å²) in [6.45, 7) is 6.40. The number of aryl methyl sites for hydroxylation is 1. The molecule has 0 aliphatic heterocycles. The minimum absolute atomic E-state index is 0.592. The Labute approximate surface area is 181 Å². The average molecular weight is 420 g/mol. The Kier molecular flexibility index (Phi) is 10.0. The molecule has 0 aliphatic rings. The van der Waals surface area contributed by atoms with Crippen molar-refractivity contribution < 1.29 is 0 Å². The van der Waals surface area contributed by atoms with Crippen LogP contribution in [0, 0.1) is 18.3 Å². The fraction of sp³-hybridized carbons (Fsp3) is 0.783. The molecule has 2 aromatic heterocycles. The SMILES string of the molecule is CCCCCCCCC(C#N)(CCCCCCCC)c1nnc2c(Cl)c(C)[nH]n12. The van der Waals surface area contributed by atoms with E-state index in [0.29, 0.717) is 10.7 Å². The summed E-state index contributed by atoms with van der Waals surface area (Å²) >= 11 is 6.36. The van der Waals surface area contributed by atoms with Gasteiger partial charge in [0.15, 0.2) is 11.5 Å². The molecule has 0 aliphatic carbocycles. The van der Waals surface area contributed by atoms with E-state index in [2.05, 4.69) is 35.2 Å². The normalized spacial score (nSPS) is 12.0. The van der Waals surface area contributed by atoms with Crippen LogP contribution in [-0.4, -0.2) is 19.8 Å². The van der Waals surface area contributed by atoms with Gasteiger partial charge in [0.05, 0.1) is 11.8 Å². The number of unbranched alkanes of at least 4 members (excludes halogenated alkanes) is 10. The molecule has 5 nitrogen and oxygen atoms in total. The summed E-state index contributed by atoms with van der Waals surface area (Å²) in [7, 11) is 0. The Bertz CT molecular complexity index is 754. The molecule has 2 rings (SSSR count). The Morgan fingerprint density at radius 3 is 1.93 bits per heavy atom. The third kappa shape index (κ3) is 6.22. The molecule has 29 heavy (non-hydrogen) atoms. The van der Waals surface area contributed by atoms with Crippen LogP contribution in [0.2, 0.25) is 5.02 Å². The van der Waals surface area contributed by atoms with Crippen molar-refractivity contribution in [2.24, 2.45) is 0 Å². The summed E-state index contributed by atoms with van der Waals surface area (Å²) in [6.07, 6.45) is 16.3.